The lowest BCUT2D eigenvalue weighted by Crippen LogP contribution is -2.43. The number of hydrogen-bond acceptors (Lipinski definition) is 8. The van der Waals surface area contributed by atoms with Crippen molar-refractivity contribution in [2.75, 3.05) is 29.5 Å². The third-order valence-electron chi connectivity index (χ3n) is 4.66. The Morgan fingerprint density at radius 1 is 1.00 bits per heavy atom. The molecular formula is C16H18N6S2. The van der Waals surface area contributed by atoms with E-state index in [0.29, 0.717) is 10.3 Å². The zero-order valence-corrected chi connectivity index (χ0v) is 14.7. The Hall–Kier alpha value is -2.19. The third kappa shape index (κ3) is 2.61. The summed E-state index contributed by atoms with van der Waals surface area (Å²) in [6, 6.07) is 10.6. The first-order chi connectivity index (χ1) is 11.7. The van der Waals surface area contributed by atoms with Gasteiger partial charge in [-0.3, -0.25) is 0 Å². The highest BCUT2D eigenvalue weighted by atomic mass is 32.1. The van der Waals surface area contributed by atoms with E-state index in [9.17, 15) is 0 Å². The molecule has 0 radical (unpaired) electrons. The Kier molecular flexibility index (Phi) is 3.85. The second-order valence-electron chi connectivity index (χ2n) is 5.93. The molecule has 0 atom stereocenters. The van der Waals surface area contributed by atoms with E-state index in [4.69, 9.17) is 11.5 Å². The molecule has 1 aliphatic rings. The van der Waals surface area contributed by atoms with Gasteiger partial charge in [-0.05, 0) is 18.4 Å². The summed E-state index contributed by atoms with van der Waals surface area (Å²) < 4.78 is 0. The van der Waals surface area contributed by atoms with E-state index >= 15 is 0 Å². The number of nitrogens with zero attached hydrogens (tertiary/aromatic N) is 4. The molecule has 4 rings (SSSR count). The molecule has 0 saturated carbocycles. The summed E-state index contributed by atoms with van der Waals surface area (Å²) in [7, 11) is 0. The summed E-state index contributed by atoms with van der Waals surface area (Å²) in [4.78, 5) is 6.87. The van der Waals surface area contributed by atoms with E-state index in [-0.39, 0.29) is 5.41 Å². The van der Waals surface area contributed by atoms with E-state index in [1.165, 1.54) is 28.2 Å². The van der Waals surface area contributed by atoms with Gasteiger partial charge in [0, 0.05) is 23.9 Å². The summed E-state index contributed by atoms with van der Waals surface area (Å²) in [6.45, 7) is 1.78. The fraction of sp³-hybridized carbons (Fsp3) is 0.312. The first-order valence-corrected chi connectivity index (χ1v) is 9.48. The third-order valence-corrected chi connectivity index (χ3v) is 6.14. The minimum absolute atomic E-state index is 0.0951. The number of hydrogen-bond donors (Lipinski definition) is 2. The largest absolute Gasteiger partial charge is 0.375 e. The van der Waals surface area contributed by atoms with Gasteiger partial charge >= 0.3 is 0 Å². The average molecular weight is 358 g/mol. The molecule has 1 aliphatic heterocycles. The van der Waals surface area contributed by atoms with Crippen molar-refractivity contribution in [3.05, 3.63) is 47.0 Å². The van der Waals surface area contributed by atoms with Gasteiger partial charge < -0.3 is 16.4 Å². The van der Waals surface area contributed by atoms with E-state index in [1.54, 1.807) is 0 Å². The molecule has 0 amide bonds. The maximum atomic E-state index is 5.91. The molecule has 0 spiro atoms. The maximum Gasteiger partial charge on any atom is 0.209 e. The fourth-order valence-electron chi connectivity index (χ4n) is 3.39. The van der Waals surface area contributed by atoms with Crippen LogP contribution in [-0.4, -0.2) is 28.3 Å². The van der Waals surface area contributed by atoms with Crippen LogP contribution in [0.5, 0.6) is 0 Å². The van der Waals surface area contributed by atoms with Crippen molar-refractivity contribution in [2.24, 2.45) is 0 Å². The van der Waals surface area contributed by atoms with Gasteiger partial charge in [0.1, 0.15) is 0 Å². The van der Waals surface area contributed by atoms with E-state index < -0.39 is 0 Å². The predicted octanol–water partition coefficient (Wildman–Crippen LogP) is 2.75. The topological polar surface area (TPSA) is 94.0 Å². The Morgan fingerprint density at radius 3 is 2.33 bits per heavy atom. The molecule has 24 heavy (non-hydrogen) atoms. The molecule has 0 aliphatic carbocycles. The number of aromatic nitrogens is 3. The standard InChI is InChI=1S/C16H18N6S2/c17-13-19-12(10-23-13)16(11-4-2-1-3-5-11)6-8-22(9-7-16)15-21-20-14(18)24-15/h1-5,10H,6-9H2,(H2,17,19)(H2,18,20). The number of thiazole rings is 1. The van der Waals surface area contributed by atoms with Crippen LogP contribution in [0.3, 0.4) is 0 Å². The number of nitrogens with two attached hydrogens (primary N) is 2. The number of nitrogen functional groups attached to an aromatic ring is 2. The van der Waals surface area contributed by atoms with Crippen LogP contribution in [-0.2, 0) is 5.41 Å². The van der Waals surface area contributed by atoms with Gasteiger partial charge in [0.25, 0.3) is 0 Å². The van der Waals surface area contributed by atoms with Crippen molar-refractivity contribution in [1.29, 1.82) is 0 Å². The second-order valence-corrected chi connectivity index (χ2v) is 7.81. The molecule has 1 aromatic carbocycles. The van der Waals surface area contributed by atoms with Crippen LogP contribution < -0.4 is 16.4 Å². The lowest BCUT2D eigenvalue weighted by Gasteiger charge is -2.41. The number of piperidine rings is 1. The van der Waals surface area contributed by atoms with E-state index in [2.05, 4.69) is 49.7 Å². The SMILES string of the molecule is Nc1nc(C2(c3ccccc3)CCN(c3nnc(N)s3)CC2)cs1. The van der Waals surface area contributed by atoms with Crippen molar-refractivity contribution in [2.45, 2.75) is 18.3 Å². The lowest BCUT2D eigenvalue weighted by atomic mass is 9.71. The zero-order valence-electron chi connectivity index (χ0n) is 13.1. The van der Waals surface area contributed by atoms with Crippen LogP contribution in [0.1, 0.15) is 24.1 Å². The summed E-state index contributed by atoms with van der Waals surface area (Å²) in [6.07, 6.45) is 1.92. The summed E-state index contributed by atoms with van der Waals surface area (Å²) in [5.41, 5.74) is 13.9. The van der Waals surface area contributed by atoms with Gasteiger partial charge in [0.05, 0.1) is 5.69 Å². The Labute approximate surface area is 148 Å². The Bertz CT molecular complexity index is 820. The molecule has 0 bridgehead atoms. The van der Waals surface area contributed by atoms with Gasteiger partial charge in [-0.2, -0.15) is 0 Å². The highest BCUT2D eigenvalue weighted by Crippen LogP contribution is 2.43. The smallest absolute Gasteiger partial charge is 0.209 e. The Morgan fingerprint density at radius 2 is 1.75 bits per heavy atom. The van der Waals surface area contributed by atoms with Crippen LogP contribution in [0.2, 0.25) is 0 Å². The van der Waals surface area contributed by atoms with Crippen LogP contribution in [0, 0.1) is 0 Å². The van der Waals surface area contributed by atoms with E-state index in [1.807, 2.05) is 6.07 Å². The molecule has 4 N–H and O–H groups in total. The van der Waals surface area contributed by atoms with Crippen LogP contribution >= 0.6 is 22.7 Å². The van der Waals surface area contributed by atoms with Gasteiger partial charge in [-0.1, -0.05) is 41.7 Å². The van der Waals surface area contributed by atoms with Crippen molar-refractivity contribution in [1.82, 2.24) is 15.2 Å². The number of rotatable bonds is 3. The minimum Gasteiger partial charge on any atom is -0.375 e. The molecule has 8 heteroatoms. The molecule has 3 aromatic rings. The predicted molar refractivity (Wildman–Crippen MR) is 99.5 cm³/mol. The van der Waals surface area contributed by atoms with Crippen LogP contribution in [0.4, 0.5) is 15.4 Å². The zero-order chi connectivity index (χ0) is 16.6. The summed E-state index contributed by atoms with van der Waals surface area (Å²) >= 11 is 2.95. The molecule has 1 fully saturated rings. The molecule has 0 unspecified atom stereocenters. The molecule has 3 heterocycles. The lowest BCUT2D eigenvalue weighted by molar-refractivity contribution is 0.384. The monoisotopic (exact) mass is 358 g/mol. The van der Waals surface area contributed by atoms with Gasteiger partial charge in [0.2, 0.25) is 10.3 Å². The van der Waals surface area contributed by atoms with Crippen molar-refractivity contribution < 1.29 is 0 Å². The maximum absolute atomic E-state index is 5.91. The first-order valence-electron chi connectivity index (χ1n) is 7.78. The van der Waals surface area contributed by atoms with Crippen molar-refractivity contribution in [3.8, 4) is 0 Å². The van der Waals surface area contributed by atoms with Gasteiger partial charge in [-0.15, -0.1) is 21.5 Å². The summed E-state index contributed by atoms with van der Waals surface area (Å²) in [5, 5.41) is 12.2. The second kappa shape index (κ2) is 6.03. The molecule has 124 valence electrons. The van der Waals surface area contributed by atoms with Crippen molar-refractivity contribution in [3.63, 3.8) is 0 Å². The molecule has 2 aromatic heterocycles. The van der Waals surface area contributed by atoms with Gasteiger partial charge in [-0.25, -0.2) is 4.98 Å². The average Bonchev–Trinajstić information content (AvgIpc) is 3.25. The van der Waals surface area contributed by atoms with Crippen LogP contribution in [0.25, 0.3) is 0 Å². The number of benzene rings is 1. The number of anilines is 3. The highest BCUT2D eigenvalue weighted by Gasteiger charge is 2.40. The van der Waals surface area contributed by atoms with Crippen molar-refractivity contribution >= 4 is 38.1 Å². The molecule has 1 saturated heterocycles. The first kappa shape index (κ1) is 15.3. The Balaban J connectivity index is 1.66. The minimum atomic E-state index is -0.0951. The normalized spacial score (nSPS) is 17.1. The highest BCUT2D eigenvalue weighted by molar-refractivity contribution is 7.18. The molecule has 6 nitrogen and oxygen atoms in total. The van der Waals surface area contributed by atoms with Crippen LogP contribution in [0.15, 0.2) is 35.7 Å². The fourth-order valence-corrected chi connectivity index (χ4v) is 4.71. The summed E-state index contributed by atoms with van der Waals surface area (Å²) in [5.74, 6) is 0. The van der Waals surface area contributed by atoms with Gasteiger partial charge in [0.15, 0.2) is 5.13 Å². The van der Waals surface area contributed by atoms with E-state index in [0.717, 1.165) is 36.8 Å². The molecular weight excluding hydrogens is 340 g/mol. The quantitative estimate of drug-likeness (QED) is 0.748.